The van der Waals surface area contributed by atoms with Crippen molar-refractivity contribution in [2.24, 2.45) is 0 Å². The van der Waals surface area contributed by atoms with E-state index in [-0.39, 0.29) is 16.8 Å². The van der Waals surface area contributed by atoms with Gasteiger partial charge in [0.1, 0.15) is 0 Å². The highest BCUT2D eigenvalue weighted by Gasteiger charge is 2.41. The normalized spacial score (nSPS) is 12.2. The number of carbonyl (C=O) groups is 4. The van der Waals surface area contributed by atoms with E-state index in [9.17, 15) is 24.3 Å². The SMILES string of the molecule is O=C(O[C@H](C(=O)O)[C@@H](OC(=O)c1ccccc1)C(=O)Nc1cccc(Cl)c1)c1ccccc1. The number of aliphatic carboxylic acids is 1. The van der Waals surface area contributed by atoms with E-state index in [0.29, 0.717) is 5.02 Å². The number of rotatable bonds is 8. The van der Waals surface area contributed by atoms with Crippen LogP contribution in [-0.4, -0.2) is 41.1 Å². The summed E-state index contributed by atoms with van der Waals surface area (Å²) < 4.78 is 10.3. The summed E-state index contributed by atoms with van der Waals surface area (Å²) in [6.07, 6.45) is -4.12. The minimum absolute atomic E-state index is 0.0622. The number of hydrogen-bond donors (Lipinski definition) is 2. The number of halogens is 1. The molecule has 0 aliphatic rings. The van der Waals surface area contributed by atoms with Gasteiger partial charge in [0.05, 0.1) is 11.1 Å². The minimum Gasteiger partial charge on any atom is -0.478 e. The maximum atomic E-state index is 13.0. The number of carboxylic acid groups (broad SMARTS) is 1. The van der Waals surface area contributed by atoms with Gasteiger partial charge in [0.2, 0.25) is 12.2 Å². The molecule has 0 saturated heterocycles. The Morgan fingerprint density at radius 3 is 1.73 bits per heavy atom. The Balaban J connectivity index is 1.90. The smallest absolute Gasteiger partial charge is 0.349 e. The molecule has 2 N–H and O–H groups in total. The molecule has 3 aromatic carbocycles. The third-order valence-corrected chi connectivity index (χ3v) is 4.59. The number of ether oxygens (including phenoxy) is 2. The molecule has 0 heterocycles. The molecule has 3 rings (SSSR count). The monoisotopic (exact) mass is 467 g/mol. The van der Waals surface area contributed by atoms with Gasteiger partial charge in [-0.05, 0) is 42.5 Å². The Morgan fingerprint density at radius 1 is 0.727 bits per heavy atom. The number of benzene rings is 3. The molecule has 1 amide bonds. The first-order valence-electron chi connectivity index (χ1n) is 9.66. The van der Waals surface area contributed by atoms with E-state index in [0.717, 1.165) is 0 Å². The molecule has 2 atom stereocenters. The maximum absolute atomic E-state index is 13.0. The zero-order valence-electron chi connectivity index (χ0n) is 17.0. The second-order valence-corrected chi connectivity index (χ2v) is 7.16. The van der Waals surface area contributed by atoms with Crippen LogP contribution in [0.2, 0.25) is 5.02 Å². The second kappa shape index (κ2) is 10.9. The molecule has 9 heteroatoms. The third kappa shape index (κ3) is 6.41. The zero-order chi connectivity index (χ0) is 23.8. The lowest BCUT2D eigenvalue weighted by Gasteiger charge is -2.23. The van der Waals surface area contributed by atoms with Gasteiger partial charge in [-0.1, -0.05) is 54.1 Å². The molecule has 0 bridgehead atoms. The quantitative estimate of drug-likeness (QED) is 0.483. The highest BCUT2D eigenvalue weighted by molar-refractivity contribution is 6.30. The lowest BCUT2D eigenvalue weighted by Crippen LogP contribution is -2.48. The van der Waals surface area contributed by atoms with Crippen molar-refractivity contribution in [1.82, 2.24) is 0 Å². The van der Waals surface area contributed by atoms with Crippen LogP contribution in [0.3, 0.4) is 0 Å². The molecule has 0 spiro atoms. The fourth-order valence-corrected chi connectivity index (χ4v) is 2.98. The summed E-state index contributed by atoms with van der Waals surface area (Å²) in [6.45, 7) is 0. The molecular weight excluding hydrogens is 450 g/mol. The van der Waals surface area contributed by atoms with E-state index in [2.05, 4.69) is 5.32 Å². The van der Waals surface area contributed by atoms with Gasteiger partial charge in [0.25, 0.3) is 5.91 Å². The Hall–Kier alpha value is -4.17. The molecule has 0 aliphatic heterocycles. The van der Waals surface area contributed by atoms with E-state index in [1.807, 2.05) is 0 Å². The molecule has 168 valence electrons. The number of carboxylic acids is 1. The van der Waals surface area contributed by atoms with Gasteiger partial charge in [0, 0.05) is 10.7 Å². The fraction of sp³-hybridized carbons (Fsp3) is 0.0833. The lowest BCUT2D eigenvalue weighted by molar-refractivity contribution is -0.157. The Bertz CT molecular complexity index is 1150. The van der Waals surface area contributed by atoms with E-state index in [1.165, 1.54) is 36.4 Å². The number of amides is 1. The predicted octanol–water partition coefficient (Wildman–Crippen LogP) is 3.81. The molecule has 0 unspecified atom stereocenters. The van der Waals surface area contributed by atoms with Crippen LogP contribution in [0.25, 0.3) is 0 Å². The second-order valence-electron chi connectivity index (χ2n) is 6.72. The molecule has 0 aromatic heterocycles. The first kappa shape index (κ1) is 23.5. The highest BCUT2D eigenvalue weighted by atomic mass is 35.5. The van der Waals surface area contributed by atoms with E-state index < -0.39 is 36.0 Å². The van der Waals surface area contributed by atoms with E-state index in [1.54, 1.807) is 48.5 Å². The molecule has 0 aliphatic carbocycles. The van der Waals surface area contributed by atoms with Crippen LogP contribution in [0.5, 0.6) is 0 Å². The summed E-state index contributed by atoms with van der Waals surface area (Å²) in [5, 5.41) is 12.5. The van der Waals surface area contributed by atoms with Crippen molar-refractivity contribution in [3.8, 4) is 0 Å². The maximum Gasteiger partial charge on any atom is 0.349 e. The number of nitrogens with one attached hydrogen (secondary N) is 1. The topological polar surface area (TPSA) is 119 Å². The van der Waals surface area contributed by atoms with E-state index >= 15 is 0 Å². The standard InChI is InChI=1S/C24H18ClNO7/c25-17-12-7-13-18(14-17)26-21(27)19(32-23(30)15-8-3-1-4-9-15)20(22(28)29)33-24(31)16-10-5-2-6-11-16/h1-14,19-20H,(H,26,27)(H,28,29)/t19-,20+/m1/s1. The fourth-order valence-electron chi connectivity index (χ4n) is 2.79. The molecule has 0 saturated carbocycles. The van der Waals surface area contributed by atoms with Gasteiger partial charge in [-0.3, -0.25) is 4.79 Å². The van der Waals surface area contributed by atoms with Crippen LogP contribution >= 0.6 is 11.6 Å². The zero-order valence-corrected chi connectivity index (χ0v) is 17.8. The highest BCUT2D eigenvalue weighted by Crippen LogP contribution is 2.18. The summed E-state index contributed by atoms with van der Waals surface area (Å²) in [6, 6.07) is 21.3. The molecule has 33 heavy (non-hydrogen) atoms. The summed E-state index contributed by atoms with van der Waals surface area (Å²) >= 11 is 5.92. The van der Waals surface area contributed by atoms with Crippen molar-refractivity contribution in [2.75, 3.05) is 5.32 Å². The Morgan fingerprint density at radius 2 is 1.24 bits per heavy atom. The third-order valence-electron chi connectivity index (χ3n) is 4.36. The van der Waals surface area contributed by atoms with E-state index in [4.69, 9.17) is 21.1 Å². The summed E-state index contributed by atoms with van der Waals surface area (Å²) in [7, 11) is 0. The van der Waals surface area contributed by atoms with Crippen LogP contribution in [0, 0.1) is 0 Å². The van der Waals surface area contributed by atoms with Gasteiger partial charge in [-0.25, -0.2) is 14.4 Å². The molecular formula is C24H18ClNO7. The van der Waals surface area contributed by atoms with Crippen LogP contribution in [-0.2, 0) is 19.1 Å². The van der Waals surface area contributed by atoms with Crippen molar-refractivity contribution in [3.05, 3.63) is 101 Å². The molecule has 0 fully saturated rings. The Labute approximate surface area is 193 Å². The molecule has 3 aromatic rings. The van der Waals surface area contributed by atoms with Crippen molar-refractivity contribution in [3.63, 3.8) is 0 Å². The van der Waals surface area contributed by atoms with Gasteiger partial charge >= 0.3 is 17.9 Å². The summed E-state index contributed by atoms with van der Waals surface area (Å²) in [5.74, 6) is -4.66. The number of carbonyl (C=O) groups excluding carboxylic acids is 3. The Kier molecular flexibility index (Phi) is 7.77. The van der Waals surface area contributed by atoms with Gasteiger partial charge in [0.15, 0.2) is 0 Å². The first-order valence-corrected chi connectivity index (χ1v) is 10.0. The first-order chi connectivity index (χ1) is 15.8. The average Bonchev–Trinajstić information content (AvgIpc) is 2.82. The molecule has 8 nitrogen and oxygen atoms in total. The van der Waals surface area contributed by atoms with Crippen molar-refractivity contribution in [2.45, 2.75) is 12.2 Å². The number of hydrogen-bond acceptors (Lipinski definition) is 6. The summed E-state index contributed by atoms with van der Waals surface area (Å²) in [5.41, 5.74) is 0.371. The summed E-state index contributed by atoms with van der Waals surface area (Å²) in [4.78, 5) is 50.0. The number of esters is 2. The lowest BCUT2D eigenvalue weighted by atomic mass is 10.1. The van der Waals surface area contributed by atoms with Gasteiger partial charge in [-0.2, -0.15) is 0 Å². The average molecular weight is 468 g/mol. The molecule has 0 radical (unpaired) electrons. The van der Waals surface area contributed by atoms with Crippen LogP contribution in [0.15, 0.2) is 84.9 Å². The number of anilines is 1. The largest absolute Gasteiger partial charge is 0.478 e. The van der Waals surface area contributed by atoms with Crippen molar-refractivity contribution < 1.29 is 33.8 Å². The predicted molar refractivity (Wildman–Crippen MR) is 119 cm³/mol. The van der Waals surface area contributed by atoms with Crippen LogP contribution < -0.4 is 5.32 Å². The van der Waals surface area contributed by atoms with Crippen molar-refractivity contribution in [1.29, 1.82) is 0 Å². The van der Waals surface area contributed by atoms with Crippen LogP contribution in [0.1, 0.15) is 20.7 Å². The van der Waals surface area contributed by atoms with Gasteiger partial charge in [-0.15, -0.1) is 0 Å². The van der Waals surface area contributed by atoms with Gasteiger partial charge < -0.3 is 19.9 Å². The van der Waals surface area contributed by atoms with Crippen LogP contribution in [0.4, 0.5) is 5.69 Å². The minimum atomic E-state index is -2.12. The van der Waals surface area contributed by atoms with Crippen molar-refractivity contribution >= 4 is 41.1 Å².